The lowest BCUT2D eigenvalue weighted by atomic mass is 10.2. The summed E-state index contributed by atoms with van der Waals surface area (Å²) in [6.45, 7) is 2.34. The zero-order valence-corrected chi connectivity index (χ0v) is 21.9. The van der Waals surface area contributed by atoms with Crippen LogP contribution in [0.2, 0.25) is 5.02 Å². The molecule has 2 amide bonds. The molecule has 0 bridgehead atoms. The van der Waals surface area contributed by atoms with Crippen LogP contribution >= 0.6 is 23.4 Å². The molecular weight excluding hydrogens is 559 g/mol. The molecule has 4 aromatic rings. The highest BCUT2D eigenvalue weighted by Crippen LogP contribution is 2.34. The SMILES string of the molecule is CCOc1ccc(-n2c(CNC(=O)c3ccco3)nnc2SCC(=O)Nc2cc(C(F)(F)F)ccc2Cl)cc1. The van der Waals surface area contributed by atoms with Crippen molar-refractivity contribution < 1.29 is 31.9 Å². The molecule has 2 heterocycles. The number of benzene rings is 2. The molecule has 4 rings (SSSR count). The molecule has 0 aliphatic carbocycles. The fraction of sp³-hybridized carbons (Fsp3) is 0.200. The predicted octanol–water partition coefficient (Wildman–Crippen LogP) is 5.59. The second-order valence-corrected chi connectivity index (χ2v) is 9.20. The molecule has 9 nitrogen and oxygen atoms in total. The van der Waals surface area contributed by atoms with Gasteiger partial charge in [0.05, 0.1) is 41.4 Å². The van der Waals surface area contributed by atoms with E-state index in [1.54, 1.807) is 34.9 Å². The lowest BCUT2D eigenvalue weighted by molar-refractivity contribution is -0.137. The van der Waals surface area contributed by atoms with Gasteiger partial charge in [-0.3, -0.25) is 14.2 Å². The molecule has 2 aromatic heterocycles. The molecule has 0 aliphatic rings. The van der Waals surface area contributed by atoms with E-state index >= 15 is 0 Å². The predicted molar refractivity (Wildman–Crippen MR) is 138 cm³/mol. The summed E-state index contributed by atoms with van der Waals surface area (Å²) >= 11 is 6.98. The van der Waals surface area contributed by atoms with Crippen LogP contribution in [0.4, 0.5) is 18.9 Å². The van der Waals surface area contributed by atoms with Crippen molar-refractivity contribution in [2.75, 3.05) is 17.7 Å². The summed E-state index contributed by atoms with van der Waals surface area (Å²) in [5, 5.41) is 13.7. The molecule has 0 unspecified atom stereocenters. The summed E-state index contributed by atoms with van der Waals surface area (Å²) < 4.78 is 51.4. The number of rotatable bonds is 10. The molecule has 2 N–H and O–H groups in total. The maximum Gasteiger partial charge on any atom is 0.416 e. The third-order valence-electron chi connectivity index (χ3n) is 5.16. The van der Waals surface area contributed by atoms with E-state index in [2.05, 4.69) is 20.8 Å². The topological polar surface area (TPSA) is 111 Å². The van der Waals surface area contributed by atoms with Crippen LogP contribution in [-0.4, -0.2) is 38.9 Å². The Labute approximate surface area is 229 Å². The van der Waals surface area contributed by atoms with Crippen LogP contribution in [-0.2, 0) is 17.5 Å². The van der Waals surface area contributed by atoms with Gasteiger partial charge in [0.15, 0.2) is 16.7 Å². The number of ether oxygens (including phenoxy) is 1. The summed E-state index contributed by atoms with van der Waals surface area (Å²) in [5.41, 5.74) is -0.465. The first-order chi connectivity index (χ1) is 18.7. The molecule has 0 saturated heterocycles. The van der Waals surface area contributed by atoms with Crippen LogP contribution in [0.15, 0.2) is 70.4 Å². The summed E-state index contributed by atoms with van der Waals surface area (Å²) in [5.74, 6) is -0.124. The number of nitrogens with one attached hydrogen (secondary N) is 2. The summed E-state index contributed by atoms with van der Waals surface area (Å²) in [6, 6.07) is 12.8. The molecule has 39 heavy (non-hydrogen) atoms. The zero-order chi connectivity index (χ0) is 28.0. The van der Waals surface area contributed by atoms with Crippen molar-refractivity contribution in [3.8, 4) is 11.4 Å². The number of hydrogen-bond acceptors (Lipinski definition) is 7. The van der Waals surface area contributed by atoms with Gasteiger partial charge in [0.1, 0.15) is 5.75 Å². The van der Waals surface area contributed by atoms with Crippen molar-refractivity contribution in [1.82, 2.24) is 20.1 Å². The van der Waals surface area contributed by atoms with Crippen molar-refractivity contribution >= 4 is 40.9 Å². The Kier molecular flexibility index (Phi) is 8.82. The summed E-state index contributed by atoms with van der Waals surface area (Å²) in [6.07, 6.45) is -3.21. The Morgan fingerprint density at radius 1 is 1.13 bits per heavy atom. The third kappa shape index (κ3) is 7.12. The lowest BCUT2D eigenvalue weighted by Gasteiger charge is -2.13. The van der Waals surface area contributed by atoms with Crippen molar-refractivity contribution in [2.45, 2.75) is 24.8 Å². The Bertz CT molecular complexity index is 1440. The molecule has 0 saturated carbocycles. The molecule has 204 valence electrons. The van der Waals surface area contributed by atoms with Crippen molar-refractivity contribution in [3.63, 3.8) is 0 Å². The van der Waals surface area contributed by atoms with E-state index in [0.29, 0.717) is 29.0 Å². The van der Waals surface area contributed by atoms with E-state index in [4.69, 9.17) is 20.8 Å². The first kappa shape index (κ1) is 28.0. The first-order valence-corrected chi connectivity index (χ1v) is 12.8. The minimum Gasteiger partial charge on any atom is -0.494 e. The number of alkyl halides is 3. The number of carbonyl (C=O) groups excluding carboxylic acids is 2. The molecule has 0 fully saturated rings. The molecule has 0 atom stereocenters. The number of thioether (sulfide) groups is 1. The standard InChI is InChI=1S/C25H21ClF3N5O4S/c1-2-37-17-8-6-16(7-9-17)34-21(13-30-23(36)20-4-3-11-38-20)32-33-24(34)39-14-22(35)31-19-12-15(25(27,28)29)5-10-18(19)26/h3-12H,2,13-14H2,1H3,(H,30,36)(H,31,35). The van der Waals surface area contributed by atoms with Crippen LogP contribution in [0, 0.1) is 0 Å². The Balaban J connectivity index is 1.52. The largest absolute Gasteiger partial charge is 0.494 e. The minimum atomic E-state index is -4.59. The number of furan rings is 1. The van der Waals surface area contributed by atoms with Gasteiger partial charge < -0.3 is 19.8 Å². The number of amides is 2. The van der Waals surface area contributed by atoms with Gasteiger partial charge in [-0.15, -0.1) is 10.2 Å². The normalized spacial score (nSPS) is 11.3. The van der Waals surface area contributed by atoms with Gasteiger partial charge in [-0.1, -0.05) is 23.4 Å². The number of anilines is 1. The average molecular weight is 580 g/mol. The lowest BCUT2D eigenvalue weighted by Crippen LogP contribution is -2.24. The van der Waals surface area contributed by atoms with E-state index in [9.17, 15) is 22.8 Å². The van der Waals surface area contributed by atoms with Crippen LogP contribution < -0.4 is 15.4 Å². The number of carbonyl (C=O) groups is 2. The van der Waals surface area contributed by atoms with Gasteiger partial charge in [0.2, 0.25) is 5.91 Å². The van der Waals surface area contributed by atoms with E-state index < -0.39 is 23.6 Å². The first-order valence-electron chi connectivity index (χ1n) is 11.4. The third-order valence-corrected chi connectivity index (χ3v) is 6.42. The number of halogens is 4. The highest BCUT2D eigenvalue weighted by molar-refractivity contribution is 7.99. The molecule has 0 spiro atoms. The van der Waals surface area contributed by atoms with E-state index in [-0.39, 0.29) is 28.8 Å². The average Bonchev–Trinajstić information content (AvgIpc) is 3.58. The summed E-state index contributed by atoms with van der Waals surface area (Å²) in [4.78, 5) is 24.9. The monoisotopic (exact) mass is 579 g/mol. The van der Waals surface area contributed by atoms with Gasteiger partial charge in [0.25, 0.3) is 5.91 Å². The fourth-order valence-corrected chi connectivity index (χ4v) is 4.33. The van der Waals surface area contributed by atoms with Crippen LogP contribution in [0.25, 0.3) is 5.69 Å². The Morgan fingerprint density at radius 2 is 1.90 bits per heavy atom. The Morgan fingerprint density at radius 3 is 2.56 bits per heavy atom. The Hall–Kier alpha value is -3.97. The van der Waals surface area contributed by atoms with Crippen molar-refractivity contribution in [1.29, 1.82) is 0 Å². The van der Waals surface area contributed by atoms with E-state index in [0.717, 1.165) is 30.0 Å². The maximum absolute atomic E-state index is 13.1. The second kappa shape index (κ2) is 12.3. The van der Waals surface area contributed by atoms with Crippen molar-refractivity contribution in [2.24, 2.45) is 0 Å². The van der Waals surface area contributed by atoms with Crippen LogP contribution in [0.3, 0.4) is 0 Å². The van der Waals surface area contributed by atoms with E-state index in [1.807, 2.05) is 6.92 Å². The van der Waals surface area contributed by atoms with Gasteiger partial charge in [-0.05, 0) is 61.5 Å². The van der Waals surface area contributed by atoms with Crippen molar-refractivity contribution in [3.05, 3.63) is 83.0 Å². The smallest absolute Gasteiger partial charge is 0.416 e. The number of aromatic nitrogens is 3. The second-order valence-electron chi connectivity index (χ2n) is 7.85. The van der Waals surface area contributed by atoms with Gasteiger partial charge in [-0.25, -0.2) is 0 Å². The highest BCUT2D eigenvalue weighted by Gasteiger charge is 2.31. The molecular formula is C25H21ClF3N5O4S. The fourth-order valence-electron chi connectivity index (χ4n) is 3.39. The molecule has 0 aliphatic heterocycles. The van der Waals surface area contributed by atoms with Gasteiger partial charge in [-0.2, -0.15) is 13.2 Å². The van der Waals surface area contributed by atoms with E-state index in [1.165, 1.54) is 12.3 Å². The highest BCUT2D eigenvalue weighted by atomic mass is 35.5. The quantitative estimate of drug-likeness (QED) is 0.236. The van der Waals surface area contributed by atoms with Gasteiger partial charge >= 0.3 is 6.18 Å². The molecule has 14 heteroatoms. The van der Waals surface area contributed by atoms with Crippen LogP contribution in [0.5, 0.6) is 5.75 Å². The minimum absolute atomic E-state index is 0.00760. The maximum atomic E-state index is 13.1. The number of hydrogen-bond donors (Lipinski definition) is 2. The molecule has 2 aromatic carbocycles. The van der Waals surface area contributed by atoms with Gasteiger partial charge in [0, 0.05) is 5.69 Å². The number of nitrogens with zero attached hydrogens (tertiary/aromatic N) is 3. The molecule has 0 radical (unpaired) electrons. The summed E-state index contributed by atoms with van der Waals surface area (Å²) in [7, 11) is 0. The zero-order valence-electron chi connectivity index (χ0n) is 20.3. The van der Waals surface area contributed by atoms with Crippen LogP contribution in [0.1, 0.15) is 28.9 Å².